The van der Waals surface area contributed by atoms with E-state index >= 15 is 0 Å². The largest absolute Gasteiger partial charge is 0.397 e. The Kier molecular flexibility index (Phi) is 4.69. The molecule has 2 heterocycles. The Balaban J connectivity index is 2.33. The summed E-state index contributed by atoms with van der Waals surface area (Å²) >= 11 is 0. The number of aryl methyl sites for hydroxylation is 1. The maximum Gasteiger partial charge on any atom is 0.145 e. The quantitative estimate of drug-likeness (QED) is 0.871. The van der Waals surface area contributed by atoms with E-state index in [1.54, 1.807) is 13.3 Å². The number of nitrogen functional groups attached to an aromatic ring is 1. The third kappa shape index (κ3) is 3.27. The summed E-state index contributed by atoms with van der Waals surface area (Å²) in [5.74, 6) is 0.502. The van der Waals surface area contributed by atoms with Gasteiger partial charge in [0.2, 0.25) is 0 Å². The molecule has 0 fully saturated rings. The number of nitriles is 1. The zero-order valence-electron chi connectivity index (χ0n) is 12.1. The van der Waals surface area contributed by atoms with E-state index in [-0.39, 0.29) is 6.61 Å². The minimum atomic E-state index is 0.274. The SMILES string of the molecule is COCc1c(N)c(C)nc(NCc2ccccn2)c1C#N. The summed E-state index contributed by atoms with van der Waals surface area (Å²) in [7, 11) is 1.57. The summed E-state index contributed by atoms with van der Waals surface area (Å²) in [6.07, 6.45) is 1.72. The van der Waals surface area contributed by atoms with Gasteiger partial charge in [-0.05, 0) is 19.1 Å². The van der Waals surface area contributed by atoms with Crippen molar-refractivity contribution in [2.75, 3.05) is 18.2 Å². The topological polar surface area (TPSA) is 96.8 Å². The molecular weight excluding hydrogens is 266 g/mol. The summed E-state index contributed by atoms with van der Waals surface area (Å²) in [4.78, 5) is 8.59. The van der Waals surface area contributed by atoms with Gasteiger partial charge in [-0.1, -0.05) is 6.07 Å². The fourth-order valence-corrected chi connectivity index (χ4v) is 2.00. The normalized spacial score (nSPS) is 10.1. The average molecular weight is 283 g/mol. The number of methoxy groups -OCH3 is 1. The van der Waals surface area contributed by atoms with E-state index in [0.717, 1.165) is 5.69 Å². The van der Waals surface area contributed by atoms with E-state index in [2.05, 4.69) is 21.4 Å². The van der Waals surface area contributed by atoms with Crippen LogP contribution < -0.4 is 11.1 Å². The van der Waals surface area contributed by atoms with Crippen molar-refractivity contribution in [2.24, 2.45) is 0 Å². The number of nitrogens with one attached hydrogen (secondary N) is 1. The van der Waals surface area contributed by atoms with Crippen LogP contribution in [0.5, 0.6) is 0 Å². The van der Waals surface area contributed by atoms with Gasteiger partial charge in [0.25, 0.3) is 0 Å². The molecule has 0 amide bonds. The van der Waals surface area contributed by atoms with Crippen LogP contribution >= 0.6 is 0 Å². The summed E-state index contributed by atoms with van der Waals surface area (Å²) < 4.78 is 5.12. The first-order chi connectivity index (χ1) is 10.2. The molecular formula is C15H17N5O. The number of anilines is 2. The molecule has 0 aliphatic rings. The fraction of sp³-hybridized carbons (Fsp3) is 0.267. The molecule has 0 aliphatic heterocycles. The van der Waals surface area contributed by atoms with Gasteiger partial charge in [0, 0.05) is 18.9 Å². The van der Waals surface area contributed by atoms with Crippen LogP contribution in [-0.4, -0.2) is 17.1 Å². The number of aromatic nitrogens is 2. The Morgan fingerprint density at radius 1 is 1.43 bits per heavy atom. The number of hydrogen-bond donors (Lipinski definition) is 2. The van der Waals surface area contributed by atoms with Gasteiger partial charge in [0.1, 0.15) is 17.5 Å². The van der Waals surface area contributed by atoms with Crippen LogP contribution in [0.3, 0.4) is 0 Å². The van der Waals surface area contributed by atoms with Gasteiger partial charge >= 0.3 is 0 Å². The van der Waals surface area contributed by atoms with Gasteiger partial charge in [-0.2, -0.15) is 5.26 Å². The van der Waals surface area contributed by atoms with E-state index in [4.69, 9.17) is 10.5 Å². The van der Waals surface area contributed by atoms with Crippen molar-refractivity contribution in [1.29, 1.82) is 5.26 Å². The molecule has 21 heavy (non-hydrogen) atoms. The van der Waals surface area contributed by atoms with Crippen LogP contribution in [0.25, 0.3) is 0 Å². The lowest BCUT2D eigenvalue weighted by Crippen LogP contribution is -2.11. The number of rotatable bonds is 5. The van der Waals surface area contributed by atoms with Gasteiger partial charge in [0.05, 0.1) is 30.2 Å². The highest BCUT2D eigenvalue weighted by Crippen LogP contribution is 2.26. The minimum Gasteiger partial charge on any atom is -0.397 e. The second-order valence-corrected chi connectivity index (χ2v) is 4.53. The van der Waals surface area contributed by atoms with Crippen molar-refractivity contribution in [2.45, 2.75) is 20.1 Å². The van der Waals surface area contributed by atoms with Crippen molar-refractivity contribution in [3.63, 3.8) is 0 Å². The van der Waals surface area contributed by atoms with E-state index in [9.17, 15) is 5.26 Å². The van der Waals surface area contributed by atoms with E-state index in [0.29, 0.717) is 34.9 Å². The van der Waals surface area contributed by atoms with E-state index in [1.807, 2.05) is 25.1 Å². The Labute approximate surface area is 123 Å². The first kappa shape index (κ1) is 14.8. The average Bonchev–Trinajstić information content (AvgIpc) is 2.51. The molecule has 6 nitrogen and oxygen atoms in total. The molecule has 0 atom stereocenters. The van der Waals surface area contributed by atoms with E-state index in [1.165, 1.54) is 0 Å². The first-order valence-electron chi connectivity index (χ1n) is 6.49. The van der Waals surface area contributed by atoms with Gasteiger partial charge in [-0.25, -0.2) is 4.98 Å². The molecule has 3 N–H and O–H groups in total. The first-order valence-corrected chi connectivity index (χ1v) is 6.49. The Hall–Kier alpha value is -2.65. The maximum atomic E-state index is 9.38. The molecule has 0 radical (unpaired) electrons. The molecule has 6 heteroatoms. The van der Waals surface area contributed by atoms with Crippen LogP contribution in [0, 0.1) is 18.3 Å². The molecule has 2 aromatic rings. The minimum absolute atomic E-state index is 0.274. The molecule has 2 rings (SSSR count). The molecule has 0 bridgehead atoms. The lowest BCUT2D eigenvalue weighted by molar-refractivity contribution is 0.185. The van der Waals surface area contributed by atoms with Crippen molar-refractivity contribution in [1.82, 2.24) is 9.97 Å². The Morgan fingerprint density at radius 2 is 2.24 bits per heavy atom. The van der Waals surface area contributed by atoms with E-state index < -0.39 is 0 Å². The molecule has 0 saturated heterocycles. The molecule has 0 saturated carbocycles. The maximum absolute atomic E-state index is 9.38. The zero-order chi connectivity index (χ0) is 15.2. The summed E-state index contributed by atoms with van der Waals surface area (Å²) in [6.45, 7) is 2.57. The van der Waals surface area contributed by atoms with Crippen LogP contribution in [0.15, 0.2) is 24.4 Å². The van der Waals surface area contributed by atoms with Crippen LogP contribution in [-0.2, 0) is 17.9 Å². The van der Waals surface area contributed by atoms with Crippen LogP contribution in [0.2, 0.25) is 0 Å². The number of hydrogen-bond acceptors (Lipinski definition) is 6. The molecule has 0 aromatic carbocycles. The molecule has 0 aliphatic carbocycles. The molecule has 0 unspecified atom stereocenters. The van der Waals surface area contributed by atoms with Crippen molar-refractivity contribution in [3.8, 4) is 6.07 Å². The van der Waals surface area contributed by atoms with Crippen molar-refractivity contribution < 1.29 is 4.74 Å². The standard InChI is InChI=1S/C15H17N5O/c1-10-14(17)13(9-21-2)12(7-16)15(20-10)19-8-11-5-3-4-6-18-11/h3-6H,8-9,17H2,1-2H3,(H,19,20). The monoisotopic (exact) mass is 283 g/mol. The Morgan fingerprint density at radius 3 is 2.86 bits per heavy atom. The number of pyridine rings is 2. The van der Waals surface area contributed by atoms with Crippen molar-refractivity contribution >= 4 is 11.5 Å². The predicted octanol–water partition coefficient (Wildman–Crippen LogP) is 2.00. The summed E-state index contributed by atoms with van der Waals surface area (Å²) in [6, 6.07) is 7.81. The number of ether oxygens (including phenoxy) is 1. The number of nitrogens with zero attached hydrogens (tertiary/aromatic N) is 3. The lowest BCUT2D eigenvalue weighted by Gasteiger charge is -2.14. The highest BCUT2D eigenvalue weighted by molar-refractivity contribution is 5.66. The zero-order valence-corrected chi connectivity index (χ0v) is 12.1. The molecule has 108 valence electrons. The van der Waals surface area contributed by atoms with Crippen molar-refractivity contribution in [3.05, 3.63) is 46.9 Å². The lowest BCUT2D eigenvalue weighted by atomic mass is 10.1. The second kappa shape index (κ2) is 6.68. The predicted molar refractivity (Wildman–Crippen MR) is 80.4 cm³/mol. The van der Waals surface area contributed by atoms with Gasteiger partial charge in [-0.15, -0.1) is 0 Å². The summed E-state index contributed by atoms with van der Waals surface area (Å²) in [5.41, 5.74) is 9.10. The summed E-state index contributed by atoms with van der Waals surface area (Å²) in [5, 5.41) is 12.5. The molecule has 0 spiro atoms. The van der Waals surface area contributed by atoms with Gasteiger partial charge in [-0.3, -0.25) is 4.98 Å². The highest BCUT2D eigenvalue weighted by atomic mass is 16.5. The molecule has 2 aromatic heterocycles. The van der Waals surface area contributed by atoms with Gasteiger partial charge in [0.15, 0.2) is 0 Å². The third-order valence-corrected chi connectivity index (χ3v) is 3.10. The van der Waals surface area contributed by atoms with Gasteiger partial charge < -0.3 is 15.8 Å². The smallest absolute Gasteiger partial charge is 0.145 e. The Bertz CT molecular complexity index is 664. The highest BCUT2D eigenvalue weighted by Gasteiger charge is 2.16. The number of nitrogens with two attached hydrogens (primary N) is 1. The van der Waals surface area contributed by atoms with Crippen LogP contribution in [0.1, 0.15) is 22.5 Å². The second-order valence-electron chi connectivity index (χ2n) is 4.53. The van der Waals surface area contributed by atoms with Crippen LogP contribution in [0.4, 0.5) is 11.5 Å². The fourth-order valence-electron chi connectivity index (χ4n) is 2.00. The third-order valence-electron chi connectivity index (χ3n) is 3.10.